The van der Waals surface area contributed by atoms with Crippen LogP contribution >= 0.6 is 0 Å². The number of rotatable bonds is 7. The van der Waals surface area contributed by atoms with Crippen LogP contribution in [0.1, 0.15) is 72.8 Å². The highest BCUT2D eigenvalue weighted by atomic mass is 16.5. The van der Waals surface area contributed by atoms with Crippen molar-refractivity contribution >= 4 is 11.8 Å². The van der Waals surface area contributed by atoms with Gasteiger partial charge < -0.3 is 10.5 Å². The lowest BCUT2D eigenvalue weighted by atomic mass is 9.90. The Kier molecular flexibility index (Phi) is 11.1. The largest absolute Gasteiger partial charge is 0.461 e. The summed E-state index contributed by atoms with van der Waals surface area (Å²) in [5, 5.41) is 0. The summed E-state index contributed by atoms with van der Waals surface area (Å²) in [6, 6.07) is 9.75. The van der Waals surface area contributed by atoms with Crippen LogP contribution in [0.5, 0.6) is 0 Å². The Hall–Kier alpha value is -1.68. The first-order valence-electron chi connectivity index (χ1n) is 9.34. The molecule has 0 fully saturated rings. The molecule has 0 spiro atoms. The van der Waals surface area contributed by atoms with Crippen molar-refractivity contribution in [3.63, 3.8) is 0 Å². The van der Waals surface area contributed by atoms with E-state index in [1.165, 1.54) is 0 Å². The number of benzene rings is 1. The topological polar surface area (TPSA) is 69.4 Å². The van der Waals surface area contributed by atoms with Crippen molar-refractivity contribution in [3.05, 3.63) is 35.9 Å². The highest BCUT2D eigenvalue weighted by Crippen LogP contribution is 2.21. The zero-order valence-electron chi connectivity index (χ0n) is 17.4. The number of ether oxygens (including phenoxy) is 1. The third kappa shape index (κ3) is 15.8. The van der Waals surface area contributed by atoms with E-state index in [2.05, 4.69) is 41.5 Å². The maximum Gasteiger partial charge on any atom is 0.306 e. The number of hydrogen-bond acceptors (Lipinski definition) is 4. The molecule has 0 heterocycles. The van der Waals surface area contributed by atoms with Crippen molar-refractivity contribution in [1.29, 1.82) is 0 Å². The number of ketones is 1. The van der Waals surface area contributed by atoms with E-state index in [4.69, 9.17) is 10.5 Å². The van der Waals surface area contributed by atoms with Crippen LogP contribution in [0.2, 0.25) is 0 Å². The summed E-state index contributed by atoms with van der Waals surface area (Å²) in [6.45, 7) is 13.3. The molecule has 0 amide bonds. The van der Waals surface area contributed by atoms with Gasteiger partial charge in [0.2, 0.25) is 0 Å². The van der Waals surface area contributed by atoms with Crippen LogP contribution in [0.4, 0.5) is 0 Å². The van der Waals surface area contributed by atoms with Crippen molar-refractivity contribution in [1.82, 2.24) is 0 Å². The lowest BCUT2D eigenvalue weighted by Gasteiger charge is -2.16. The zero-order chi connectivity index (χ0) is 20.2. The van der Waals surface area contributed by atoms with Crippen LogP contribution in [-0.2, 0) is 20.9 Å². The molecule has 4 heteroatoms. The molecule has 0 unspecified atom stereocenters. The second-order valence-electron chi connectivity index (χ2n) is 9.01. The average Bonchev–Trinajstić information content (AvgIpc) is 2.56. The van der Waals surface area contributed by atoms with Gasteiger partial charge in [0, 0.05) is 12.8 Å². The van der Waals surface area contributed by atoms with Crippen LogP contribution in [-0.4, -0.2) is 18.3 Å². The molecule has 0 bridgehead atoms. The quantitative estimate of drug-likeness (QED) is 0.700. The van der Waals surface area contributed by atoms with Crippen molar-refractivity contribution < 1.29 is 14.3 Å². The van der Waals surface area contributed by atoms with E-state index >= 15 is 0 Å². The van der Waals surface area contributed by atoms with E-state index in [-0.39, 0.29) is 29.1 Å². The van der Waals surface area contributed by atoms with Gasteiger partial charge in [0.1, 0.15) is 12.4 Å². The molecule has 1 aromatic rings. The Morgan fingerprint density at radius 1 is 0.885 bits per heavy atom. The van der Waals surface area contributed by atoms with E-state index in [0.717, 1.165) is 18.4 Å². The third-order valence-corrected chi connectivity index (χ3v) is 3.70. The highest BCUT2D eigenvalue weighted by Gasteiger charge is 2.13. The van der Waals surface area contributed by atoms with Gasteiger partial charge in [-0.3, -0.25) is 9.59 Å². The number of hydrogen-bond donors (Lipinski definition) is 1. The van der Waals surface area contributed by atoms with E-state index < -0.39 is 0 Å². The van der Waals surface area contributed by atoms with Gasteiger partial charge in [-0.15, -0.1) is 0 Å². The fraction of sp³-hybridized carbons (Fsp3) is 0.636. The average molecular weight is 364 g/mol. The summed E-state index contributed by atoms with van der Waals surface area (Å²) < 4.78 is 5.18. The van der Waals surface area contributed by atoms with Crippen LogP contribution in [0, 0.1) is 10.8 Å². The van der Waals surface area contributed by atoms with Gasteiger partial charge in [0.25, 0.3) is 0 Å². The van der Waals surface area contributed by atoms with Gasteiger partial charge in [0.05, 0.1) is 6.54 Å². The van der Waals surface area contributed by atoms with Crippen molar-refractivity contribution in [3.8, 4) is 0 Å². The lowest BCUT2D eigenvalue weighted by molar-refractivity contribution is -0.145. The molecule has 0 radical (unpaired) electrons. The third-order valence-electron chi connectivity index (χ3n) is 3.70. The SMILES string of the molecule is CC(C)(C)CCC(=O)CN.CC(C)(C)CCC(=O)OCc1ccccc1. The molecule has 0 aliphatic rings. The van der Waals surface area contributed by atoms with Gasteiger partial charge >= 0.3 is 5.97 Å². The molecular formula is C22H37NO3. The lowest BCUT2D eigenvalue weighted by Crippen LogP contribution is -2.16. The van der Waals surface area contributed by atoms with Gasteiger partial charge in [-0.05, 0) is 29.2 Å². The summed E-state index contributed by atoms with van der Waals surface area (Å²) in [7, 11) is 0. The van der Waals surface area contributed by atoms with Crippen molar-refractivity contribution in [2.24, 2.45) is 16.6 Å². The van der Waals surface area contributed by atoms with Crippen LogP contribution in [0.15, 0.2) is 30.3 Å². The smallest absolute Gasteiger partial charge is 0.306 e. The Balaban J connectivity index is 0.000000541. The second-order valence-corrected chi connectivity index (χ2v) is 9.01. The summed E-state index contributed by atoms with van der Waals surface area (Å²) in [6.07, 6.45) is 2.92. The minimum absolute atomic E-state index is 0.112. The van der Waals surface area contributed by atoms with Gasteiger partial charge in [-0.25, -0.2) is 0 Å². The monoisotopic (exact) mass is 363 g/mol. The highest BCUT2D eigenvalue weighted by molar-refractivity contribution is 5.80. The molecule has 4 nitrogen and oxygen atoms in total. The molecule has 2 N–H and O–H groups in total. The molecule has 148 valence electrons. The molecule has 0 atom stereocenters. The normalized spacial score (nSPS) is 11.3. The number of nitrogens with two attached hydrogens (primary N) is 1. The molecule has 1 rings (SSSR count). The first kappa shape index (κ1) is 24.3. The Labute approximate surface area is 159 Å². The first-order chi connectivity index (χ1) is 11.9. The summed E-state index contributed by atoms with van der Waals surface area (Å²) in [5.41, 5.74) is 6.63. The van der Waals surface area contributed by atoms with E-state index in [1.54, 1.807) is 0 Å². The standard InChI is InChI=1S/C14H20O2.C8H17NO/c1-14(2,3)10-9-13(15)16-11-12-7-5-4-6-8-12;1-8(2,3)5-4-7(10)6-9/h4-8H,9-11H2,1-3H3;4-6,9H2,1-3H3. The first-order valence-corrected chi connectivity index (χ1v) is 9.34. The molecular weight excluding hydrogens is 326 g/mol. The predicted octanol–water partition coefficient (Wildman–Crippen LogP) is 4.90. The molecule has 0 saturated carbocycles. The number of carbonyl (C=O) groups is 2. The summed E-state index contributed by atoms with van der Waals surface area (Å²) >= 11 is 0. The van der Waals surface area contributed by atoms with Crippen LogP contribution in [0.25, 0.3) is 0 Å². The minimum Gasteiger partial charge on any atom is -0.461 e. The fourth-order valence-corrected chi connectivity index (χ4v) is 1.90. The van der Waals surface area contributed by atoms with Crippen molar-refractivity contribution in [2.45, 2.75) is 73.8 Å². The predicted molar refractivity (Wildman–Crippen MR) is 108 cm³/mol. The number of esters is 1. The maximum atomic E-state index is 11.4. The fourth-order valence-electron chi connectivity index (χ4n) is 1.90. The molecule has 26 heavy (non-hydrogen) atoms. The summed E-state index contributed by atoms with van der Waals surface area (Å²) in [4.78, 5) is 22.2. The molecule has 0 aliphatic heterocycles. The van der Waals surface area contributed by atoms with Gasteiger partial charge in [-0.2, -0.15) is 0 Å². The molecule has 1 aromatic carbocycles. The van der Waals surface area contributed by atoms with Crippen molar-refractivity contribution in [2.75, 3.05) is 6.54 Å². The van der Waals surface area contributed by atoms with Crippen LogP contribution < -0.4 is 5.73 Å². The Morgan fingerprint density at radius 3 is 1.85 bits per heavy atom. The minimum atomic E-state index is -0.112. The second kappa shape index (κ2) is 11.8. The Morgan fingerprint density at radius 2 is 1.38 bits per heavy atom. The Bertz CT molecular complexity index is 525. The number of carbonyl (C=O) groups excluding carboxylic acids is 2. The maximum absolute atomic E-state index is 11.4. The van der Waals surface area contributed by atoms with Gasteiger partial charge in [-0.1, -0.05) is 71.9 Å². The van der Waals surface area contributed by atoms with E-state index in [0.29, 0.717) is 19.4 Å². The summed E-state index contributed by atoms with van der Waals surface area (Å²) in [5.74, 6) is 0.0497. The number of Topliss-reactive ketones (excluding diaryl/α,β-unsaturated/α-hetero) is 1. The van der Waals surface area contributed by atoms with E-state index in [9.17, 15) is 9.59 Å². The molecule has 0 aromatic heterocycles. The zero-order valence-corrected chi connectivity index (χ0v) is 17.4. The van der Waals surface area contributed by atoms with Gasteiger partial charge in [0.15, 0.2) is 0 Å². The van der Waals surface area contributed by atoms with Crippen LogP contribution in [0.3, 0.4) is 0 Å². The van der Waals surface area contributed by atoms with E-state index in [1.807, 2.05) is 30.3 Å². The molecule has 0 saturated heterocycles. The molecule has 0 aliphatic carbocycles.